The van der Waals surface area contributed by atoms with Crippen LogP contribution >= 0.6 is 56.9 Å². The van der Waals surface area contributed by atoms with Crippen molar-refractivity contribution < 1.29 is 0 Å². The van der Waals surface area contributed by atoms with E-state index in [1.807, 2.05) is 46.9 Å². The van der Waals surface area contributed by atoms with Crippen LogP contribution in [-0.4, -0.2) is 25.0 Å². The standard InChI is InChI=1S/C18H13I2N5OS/c19-12-7-5-11(6-8-12)10-27-18-21-14(16(20)17(26)22-18)9-25-15-4-2-1-3-13(15)23-24-25/h1-8H,9-10H2,(H,21,22,26). The number of benzene rings is 2. The van der Waals surface area contributed by atoms with E-state index >= 15 is 0 Å². The SMILES string of the molecule is O=c1[nH]c(SCc2ccc(I)cc2)nc(Cn2nnc3ccccc32)c1I. The Kier molecular flexibility index (Phi) is 5.78. The molecule has 4 aromatic rings. The summed E-state index contributed by atoms with van der Waals surface area (Å²) in [4.78, 5) is 19.9. The molecule has 2 aromatic carbocycles. The summed E-state index contributed by atoms with van der Waals surface area (Å²) in [5.74, 6) is 0.742. The second kappa shape index (κ2) is 8.27. The van der Waals surface area contributed by atoms with E-state index in [1.165, 1.54) is 20.9 Å². The van der Waals surface area contributed by atoms with Crippen LogP contribution in [0.2, 0.25) is 0 Å². The Bertz CT molecular complexity index is 1160. The van der Waals surface area contributed by atoms with Crippen molar-refractivity contribution >= 4 is 68.0 Å². The van der Waals surface area contributed by atoms with Crippen LogP contribution in [0.3, 0.4) is 0 Å². The highest BCUT2D eigenvalue weighted by Gasteiger charge is 2.13. The van der Waals surface area contributed by atoms with Gasteiger partial charge in [0.05, 0.1) is 17.8 Å². The van der Waals surface area contributed by atoms with Gasteiger partial charge in [0.1, 0.15) is 9.09 Å². The molecule has 0 saturated heterocycles. The molecule has 0 unspecified atom stereocenters. The molecule has 27 heavy (non-hydrogen) atoms. The van der Waals surface area contributed by atoms with E-state index in [2.05, 4.69) is 67.1 Å². The number of para-hydroxylation sites is 1. The second-order valence-electron chi connectivity index (χ2n) is 5.78. The van der Waals surface area contributed by atoms with Crippen LogP contribution in [-0.2, 0) is 12.3 Å². The first-order valence-electron chi connectivity index (χ1n) is 8.04. The average Bonchev–Trinajstić information content (AvgIpc) is 3.08. The Morgan fingerprint density at radius 2 is 1.85 bits per heavy atom. The molecule has 4 rings (SSSR count). The fourth-order valence-electron chi connectivity index (χ4n) is 2.56. The molecule has 0 spiro atoms. The lowest BCUT2D eigenvalue weighted by Gasteiger charge is -2.07. The molecule has 2 heterocycles. The number of thioether (sulfide) groups is 1. The highest BCUT2D eigenvalue weighted by atomic mass is 127. The fourth-order valence-corrected chi connectivity index (χ4v) is 4.19. The van der Waals surface area contributed by atoms with Crippen molar-refractivity contribution in [3.8, 4) is 0 Å². The fraction of sp³-hybridized carbons (Fsp3) is 0.111. The summed E-state index contributed by atoms with van der Waals surface area (Å²) in [7, 11) is 0. The summed E-state index contributed by atoms with van der Waals surface area (Å²) in [6, 6.07) is 16.1. The molecule has 6 nitrogen and oxygen atoms in total. The molecular formula is C18H13I2N5OS. The van der Waals surface area contributed by atoms with Crippen LogP contribution in [0.4, 0.5) is 0 Å². The number of fused-ring (bicyclic) bond motifs is 1. The maximum Gasteiger partial charge on any atom is 0.265 e. The van der Waals surface area contributed by atoms with Crippen molar-refractivity contribution in [1.29, 1.82) is 0 Å². The van der Waals surface area contributed by atoms with E-state index in [9.17, 15) is 4.79 Å². The molecule has 0 aliphatic rings. The minimum atomic E-state index is -0.130. The van der Waals surface area contributed by atoms with Gasteiger partial charge in [0.25, 0.3) is 5.56 Å². The van der Waals surface area contributed by atoms with Gasteiger partial charge in [0.2, 0.25) is 0 Å². The van der Waals surface area contributed by atoms with Gasteiger partial charge in [-0.15, -0.1) is 5.10 Å². The molecule has 136 valence electrons. The Morgan fingerprint density at radius 3 is 2.67 bits per heavy atom. The molecule has 0 radical (unpaired) electrons. The molecule has 0 aliphatic heterocycles. The minimum Gasteiger partial charge on any atom is -0.301 e. The summed E-state index contributed by atoms with van der Waals surface area (Å²) in [6.45, 7) is 0.403. The molecule has 0 fully saturated rings. The number of aromatic amines is 1. The lowest BCUT2D eigenvalue weighted by atomic mass is 10.2. The van der Waals surface area contributed by atoms with Crippen LogP contribution in [0.15, 0.2) is 58.5 Å². The third-order valence-electron chi connectivity index (χ3n) is 3.92. The Hall–Kier alpha value is -1.47. The zero-order valence-corrected chi connectivity index (χ0v) is 19.0. The van der Waals surface area contributed by atoms with Crippen molar-refractivity contribution in [2.24, 2.45) is 0 Å². The summed E-state index contributed by atoms with van der Waals surface area (Å²) in [5.41, 5.74) is 3.50. The van der Waals surface area contributed by atoms with Crippen LogP contribution in [0.1, 0.15) is 11.3 Å². The molecule has 0 atom stereocenters. The maximum atomic E-state index is 12.3. The van der Waals surface area contributed by atoms with Crippen molar-refractivity contribution in [2.45, 2.75) is 17.5 Å². The average molecular weight is 601 g/mol. The van der Waals surface area contributed by atoms with E-state index in [4.69, 9.17) is 0 Å². The van der Waals surface area contributed by atoms with E-state index in [0.717, 1.165) is 16.8 Å². The Balaban J connectivity index is 1.59. The van der Waals surface area contributed by atoms with Crippen LogP contribution in [0.25, 0.3) is 11.0 Å². The molecule has 2 aromatic heterocycles. The first kappa shape index (κ1) is 18.9. The highest BCUT2D eigenvalue weighted by Crippen LogP contribution is 2.21. The first-order chi connectivity index (χ1) is 13.1. The first-order valence-corrected chi connectivity index (χ1v) is 11.2. The van der Waals surface area contributed by atoms with Gasteiger partial charge in [-0.05, 0) is 75.0 Å². The van der Waals surface area contributed by atoms with Crippen molar-refractivity contribution in [3.05, 3.63) is 77.3 Å². The van der Waals surface area contributed by atoms with Gasteiger partial charge in [0, 0.05) is 9.32 Å². The summed E-state index contributed by atoms with van der Waals surface area (Å²) < 4.78 is 3.54. The van der Waals surface area contributed by atoms with Crippen molar-refractivity contribution in [1.82, 2.24) is 25.0 Å². The third kappa shape index (κ3) is 4.35. The molecule has 1 N–H and O–H groups in total. The van der Waals surface area contributed by atoms with E-state index < -0.39 is 0 Å². The van der Waals surface area contributed by atoms with E-state index in [-0.39, 0.29) is 5.56 Å². The van der Waals surface area contributed by atoms with Gasteiger partial charge in [-0.2, -0.15) is 0 Å². The van der Waals surface area contributed by atoms with Crippen LogP contribution < -0.4 is 5.56 Å². The number of hydrogen-bond acceptors (Lipinski definition) is 5. The molecule has 0 aliphatic carbocycles. The molecule has 9 heteroatoms. The molecule has 0 saturated carbocycles. The van der Waals surface area contributed by atoms with Crippen molar-refractivity contribution in [3.63, 3.8) is 0 Å². The number of H-pyrrole nitrogens is 1. The predicted molar refractivity (Wildman–Crippen MR) is 123 cm³/mol. The van der Waals surface area contributed by atoms with E-state index in [1.54, 1.807) is 4.68 Å². The monoisotopic (exact) mass is 601 g/mol. The summed E-state index contributed by atoms with van der Waals surface area (Å²) in [5, 5.41) is 8.97. The largest absolute Gasteiger partial charge is 0.301 e. The van der Waals surface area contributed by atoms with Crippen LogP contribution in [0, 0.1) is 7.14 Å². The van der Waals surface area contributed by atoms with Gasteiger partial charge < -0.3 is 4.98 Å². The number of hydrogen-bond donors (Lipinski definition) is 1. The molecular weight excluding hydrogens is 588 g/mol. The second-order valence-corrected chi connectivity index (χ2v) is 9.07. The van der Waals surface area contributed by atoms with Crippen molar-refractivity contribution in [2.75, 3.05) is 0 Å². The third-order valence-corrected chi connectivity index (χ3v) is 6.69. The lowest BCUT2D eigenvalue weighted by Crippen LogP contribution is -2.18. The van der Waals surface area contributed by atoms with E-state index in [0.29, 0.717) is 21.0 Å². The van der Waals surface area contributed by atoms with Gasteiger partial charge in [-0.25, -0.2) is 9.67 Å². The summed E-state index contributed by atoms with van der Waals surface area (Å²) in [6.07, 6.45) is 0. The normalized spacial score (nSPS) is 11.2. The topological polar surface area (TPSA) is 76.5 Å². The number of nitrogens with one attached hydrogen (secondary N) is 1. The summed E-state index contributed by atoms with van der Waals surface area (Å²) >= 11 is 5.83. The number of nitrogens with zero attached hydrogens (tertiary/aromatic N) is 4. The number of halogens is 2. The van der Waals surface area contributed by atoms with Gasteiger partial charge >= 0.3 is 0 Å². The smallest absolute Gasteiger partial charge is 0.265 e. The highest BCUT2D eigenvalue weighted by molar-refractivity contribution is 14.1. The van der Waals surface area contributed by atoms with Crippen LogP contribution in [0.5, 0.6) is 0 Å². The minimum absolute atomic E-state index is 0.130. The quantitative estimate of drug-likeness (QED) is 0.212. The zero-order chi connectivity index (χ0) is 18.8. The van der Waals surface area contributed by atoms with Gasteiger partial charge in [0.15, 0.2) is 5.16 Å². The Morgan fingerprint density at radius 1 is 1.07 bits per heavy atom. The Labute approximate surface area is 186 Å². The van der Waals surface area contributed by atoms with Gasteiger partial charge in [-0.1, -0.05) is 41.2 Å². The van der Waals surface area contributed by atoms with Gasteiger partial charge in [-0.3, -0.25) is 4.79 Å². The maximum absolute atomic E-state index is 12.3. The number of aromatic nitrogens is 5. The lowest BCUT2D eigenvalue weighted by molar-refractivity contribution is 0.644. The molecule has 0 bridgehead atoms. The zero-order valence-electron chi connectivity index (χ0n) is 13.9. The number of rotatable bonds is 5. The predicted octanol–water partition coefficient (Wildman–Crippen LogP) is 4.06. The molecule has 0 amide bonds.